The lowest BCUT2D eigenvalue weighted by molar-refractivity contribution is -0.143. The van der Waals surface area contributed by atoms with Gasteiger partial charge in [0.15, 0.2) is 0 Å². The molecule has 3 rings (SSSR count). The highest BCUT2D eigenvalue weighted by Gasteiger charge is 2.42. The second kappa shape index (κ2) is 6.93. The molecule has 0 saturated carbocycles. The van der Waals surface area contributed by atoms with Crippen molar-refractivity contribution in [3.63, 3.8) is 0 Å². The molecule has 0 spiro atoms. The maximum atomic E-state index is 13.0. The van der Waals surface area contributed by atoms with E-state index in [-0.39, 0.29) is 24.4 Å². The van der Waals surface area contributed by atoms with Crippen LogP contribution in [0.15, 0.2) is 24.3 Å². The topological polar surface area (TPSA) is 60.9 Å². The molecule has 2 fully saturated rings. The van der Waals surface area contributed by atoms with Gasteiger partial charge in [-0.1, -0.05) is 29.8 Å². The number of hydrogen-bond donors (Lipinski definition) is 1. The summed E-state index contributed by atoms with van der Waals surface area (Å²) in [6.07, 6.45) is 2.60. The Bertz CT molecular complexity index is 614. The van der Waals surface area contributed by atoms with E-state index in [1.165, 1.54) is 23.0 Å². The molecule has 5 heteroatoms. The first-order valence-corrected chi connectivity index (χ1v) is 8.77. The number of aliphatic hydroxyl groups excluding tert-OH is 1. The monoisotopic (exact) mass is 330 g/mol. The Labute approximate surface area is 143 Å². The summed E-state index contributed by atoms with van der Waals surface area (Å²) < 4.78 is 0. The lowest BCUT2D eigenvalue weighted by Crippen LogP contribution is -2.49. The van der Waals surface area contributed by atoms with Crippen molar-refractivity contribution in [3.8, 4) is 0 Å². The van der Waals surface area contributed by atoms with Crippen LogP contribution in [0, 0.1) is 6.92 Å². The summed E-state index contributed by atoms with van der Waals surface area (Å²) in [5.74, 6) is -0.143. The van der Waals surface area contributed by atoms with Crippen molar-refractivity contribution >= 4 is 11.8 Å². The number of likely N-dealkylation sites (tertiary alicyclic amines) is 2. The quantitative estimate of drug-likeness (QED) is 0.914. The smallest absolute Gasteiger partial charge is 0.245 e. The first-order chi connectivity index (χ1) is 11.5. The minimum absolute atomic E-state index is 0.00337. The molecule has 2 heterocycles. The van der Waals surface area contributed by atoms with Crippen LogP contribution in [0.4, 0.5) is 0 Å². The maximum absolute atomic E-state index is 13.0. The number of benzene rings is 1. The van der Waals surface area contributed by atoms with Gasteiger partial charge in [0, 0.05) is 32.5 Å². The van der Waals surface area contributed by atoms with Gasteiger partial charge in [-0.05, 0) is 31.7 Å². The Balaban J connectivity index is 1.71. The predicted octanol–water partition coefficient (Wildman–Crippen LogP) is 1.51. The Hall–Kier alpha value is -1.88. The summed E-state index contributed by atoms with van der Waals surface area (Å²) in [5, 5.41) is 9.87. The number of aliphatic hydroxyl groups is 1. The third-order valence-corrected chi connectivity index (χ3v) is 5.22. The van der Waals surface area contributed by atoms with E-state index in [0.29, 0.717) is 6.42 Å². The van der Waals surface area contributed by atoms with E-state index >= 15 is 0 Å². The molecule has 1 aromatic carbocycles. The van der Waals surface area contributed by atoms with Gasteiger partial charge in [-0.3, -0.25) is 9.59 Å². The molecule has 130 valence electrons. The molecule has 5 nitrogen and oxygen atoms in total. The van der Waals surface area contributed by atoms with Crippen molar-refractivity contribution < 1.29 is 14.7 Å². The van der Waals surface area contributed by atoms with E-state index in [9.17, 15) is 14.7 Å². The van der Waals surface area contributed by atoms with Crippen LogP contribution in [-0.4, -0.2) is 58.0 Å². The summed E-state index contributed by atoms with van der Waals surface area (Å²) in [4.78, 5) is 28.2. The van der Waals surface area contributed by atoms with Crippen molar-refractivity contribution in [3.05, 3.63) is 35.4 Å². The summed E-state index contributed by atoms with van der Waals surface area (Å²) in [6, 6.07) is 8.13. The first kappa shape index (κ1) is 17.0. The SMILES string of the molecule is CC(=O)N1C[C@@H](O)C[C@@H]1C(=O)N1CCCC1Cc1ccc(C)cc1. The zero-order valence-corrected chi connectivity index (χ0v) is 14.4. The molecular weight excluding hydrogens is 304 g/mol. The summed E-state index contributed by atoms with van der Waals surface area (Å²) >= 11 is 0. The lowest BCUT2D eigenvalue weighted by Gasteiger charge is -2.31. The Morgan fingerprint density at radius 1 is 1.21 bits per heavy atom. The van der Waals surface area contributed by atoms with Crippen molar-refractivity contribution in [2.75, 3.05) is 13.1 Å². The van der Waals surface area contributed by atoms with E-state index in [2.05, 4.69) is 31.2 Å². The van der Waals surface area contributed by atoms with Crippen LogP contribution in [0.25, 0.3) is 0 Å². The highest BCUT2D eigenvalue weighted by atomic mass is 16.3. The Kier molecular flexibility index (Phi) is 4.90. The van der Waals surface area contributed by atoms with Gasteiger partial charge in [-0.15, -0.1) is 0 Å². The maximum Gasteiger partial charge on any atom is 0.245 e. The molecule has 0 aliphatic carbocycles. The van der Waals surface area contributed by atoms with Crippen LogP contribution < -0.4 is 0 Å². The molecule has 2 amide bonds. The van der Waals surface area contributed by atoms with Crippen molar-refractivity contribution in [1.29, 1.82) is 0 Å². The lowest BCUT2D eigenvalue weighted by atomic mass is 10.0. The van der Waals surface area contributed by atoms with Crippen LogP contribution in [-0.2, 0) is 16.0 Å². The number of amides is 2. The molecule has 1 unspecified atom stereocenters. The zero-order chi connectivity index (χ0) is 17.3. The molecule has 0 radical (unpaired) electrons. The Morgan fingerprint density at radius 3 is 2.58 bits per heavy atom. The molecule has 2 aliphatic heterocycles. The van der Waals surface area contributed by atoms with Crippen LogP contribution in [0.1, 0.15) is 37.3 Å². The average Bonchev–Trinajstić information content (AvgIpc) is 3.15. The van der Waals surface area contributed by atoms with Crippen LogP contribution in [0.5, 0.6) is 0 Å². The number of hydrogen-bond acceptors (Lipinski definition) is 3. The number of carbonyl (C=O) groups is 2. The van der Waals surface area contributed by atoms with E-state index in [4.69, 9.17) is 0 Å². The van der Waals surface area contributed by atoms with E-state index in [1.54, 1.807) is 0 Å². The van der Waals surface area contributed by atoms with Crippen LogP contribution >= 0.6 is 0 Å². The Morgan fingerprint density at radius 2 is 1.92 bits per heavy atom. The second-order valence-electron chi connectivity index (χ2n) is 7.09. The van der Waals surface area contributed by atoms with Gasteiger partial charge in [0.25, 0.3) is 0 Å². The molecule has 3 atom stereocenters. The van der Waals surface area contributed by atoms with Gasteiger partial charge >= 0.3 is 0 Å². The normalized spacial score (nSPS) is 26.9. The van der Waals surface area contributed by atoms with E-state index in [1.807, 2.05) is 4.90 Å². The van der Waals surface area contributed by atoms with Crippen molar-refractivity contribution in [2.24, 2.45) is 0 Å². The minimum atomic E-state index is -0.596. The second-order valence-corrected chi connectivity index (χ2v) is 7.09. The van der Waals surface area contributed by atoms with Crippen molar-refractivity contribution in [2.45, 2.75) is 57.7 Å². The van der Waals surface area contributed by atoms with Gasteiger partial charge in [-0.25, -0.2) is 0 Å². The van der Waals surface area contributed by atoms with Crippen LogP contribution in [0.3, 0.4) is 0 Å². The number of β-amino-alcohol motifs (C(OH)–C–C–N with tert-alkyl or cyclic N) is 1. The third kappa shape index (κ3) is 3.46. The van der Waals surface area contributed by atoms with Gasteiger partial charge in [0.1, 0.15) is 6.04 Å². The summed E-state index contributed by atoms with van der Waals surface area (Å²) in [6.45, 7) is 4.54. The average molecular weight is 330 g/mol. The largest absolute Gasteiger partial charge is 0.391 e. The predicted molar refractivity (Wildman–Crippen MR) is 91.4 cm³/mol. The van der Waals surface area contributed by atoms with Crippen molar-refractivity contribution in [1.82, 2.24) is 9.80 Å². The summed E-state index contributed by atoms with van der Waals surface area (Å²) in [7, 11) is 0. The molecule has 1 N–H and O–H groups in total. The fourth-order valence-electron chi connectivity index (χ4n) is 3.92. The highest BCUT2D eigenvalue weighted by Crippen LogP contribution is 2.27. The molecule has 2 saturated heterocycles. The number of rotatable bonds is 3. The summed E-state index contributed by atoms with van der Waals surface area (Å²) in [5.41, 5.74) is 2.47. The molecular formula is C19H26N2O3. The molecule has 24 heavy (non-hydrogen) atoms. The van der Waals surface area contributed by atoms with E-state index in [0.717, 1.165) is 25.8 Å². The van der Waals surface area contributed by atoms with E-state index < -0.39 is 12.1 Å². The number of nitrogens with zero attached hydrogens (tertiary/aromatic N) is 2. The fourth-order valence-corrected chi connectivity index (χ4v) is 3.92. The van der Waals surface area contributed by atoms with Gasteiger partial charge < -0.3 is 14.9 Å². The fraction of sp³-hybridized carbons (Fsp3) is 0.579. The first-order valence-electron chi connectivity index (χ1n) is 8.77. The highest BCUT2D eigenvalue weighted by molar-refractivity contribution is 5.88. The molecule has 1 aromatic rings. The molecule has 0 aromatic heterocycles. The zero-order valence-electron chi connectivity index (χ0n) is 14.4. The van der Waals surface area contributed by atoms with Gasteiger partial charge in [0.2, 0.25) is 11.8 Å². The number of carbonyl (C=O) groups excluding carboxylic acids is 2. The van der Waals surface area contributed by atoms with Gasteiger partial charge in [-0.2, -0.15) is 0 Å². The standard InChI is InChI=1S/C19H26N2O3/c1-13-5-7-15(8-6-13)10-16-4-3-9-20(16)19(24)18-11-17(23)12-21(18)14(2)22/h5-8,16-18,23H,3-4,9-12H2,1-2H3/t16?,17-,18+/m0/s1. The minimum Gasteiger partial charge on any atom is -0.391 e. The number of aryl methyl sites for hydroxylation is 1. The van der Waals surface area contributed by atoms with Crippen LogP contribution in [0.2, 0.25) is 0 Å². The molecule has 2 aliphatic rings. The van der Waals surface area contributed by atoms with Gasteiger partial charge in [0.05, 0.1) is 6.10 Å². The molecule has 0 bridgehead atoms. The third-order valence-electron chi connectivity index (χ3n) is 5.22.